The van der Waals surface area contributed by atoms with Crippen molar-refractivity contribution < 1.29 is 24.6 Å². The quantitative estimate of drug-likeness (QED) is 0.531. The summed E-state index contributed by atoms with van der Waals surface area (Å²) in [4.78, 5) is 43.9. The van der Waals surface area contributed by atoms with Crippen LogP contribution in [-0.4, -0.2) is 81.2 Å². The molecule has 0 bridgehead atoms. The fourth-order valence-corrected chi connectivity index (χ4v) is 5.73. The number of nitrogens with zero attached hydrogens (tertiary/aromatic N) is 3. The number of fused-ring (bicyclic) bond motifs is 1. The highest BCUT2D eigenvalue weighted by atomic mass is 32.2. The van der Waals surface area contributed by atoms with E-state index in [1.807, 2.05) is 6.92 Å². The minimum atomic E-state index is -1.17. The summed E-state index contributed by atoms with van der Waals surface area (Å²) in [5.74, 6) is -2.21. The first kappa shape index (κ1) is 19.7. The lowest BCUT2D eigenvalue weighted by molar-refractivity contribution is -0.163. The molecule has 0 spiro atoms. The summed E-state index contributed by atoms with van der Waals surface area (Å²) in [5, 5.41) is 19.4. The molecule has 2 amide bonds. The van der Waals surface area contributed by atoms with Gasteiger partial charge in [-0.15, -0.1) is 11.8 Å². The van der Waals surface area contributed by atoms with Crippen LogP contribution in [0, 0.1) is 11.8 Å². The molecule has 9 nitrogen and oxygen atoms in total. The number of carboxylic acid groups (broad SMARTS) is 1. The Labute approximate surface area is 161 Å². The zero-order valence-electron chi connectivity index (χ0n) is 15.6. The fourth-order valence-electron chi connectivity index (χ4n) is 4.12. The van der Waals surface area contributed by atoms with Gasteiger partial charge in [-0.2, -0.15) is 0 Å². The predicted octanol–water partition coefficient (Wildman–Crippen LogP) is -0.540. The number of amides is 2. The van der Waals surface area contributed by atoms with Crippen LogP contribution in [0.2, 0.25) is 0 Å². The van der Waals surface area contributed by atoms with Gasteiger partial charge in [0.05, 0.1) is 23.3 Å². The van der Waals surface area contributed by atoms with Crippen LogP contribution in [0.3, 0.4) is 0 Å². The zero-order valence-corrected chi connectivity index (χ0v) is 16.4. The number of nitrogens with two attached hydrogens (primary N) is 1. The third-order valence-corrected chi connectivity index (χ3v) is 6.89. The molecule has 3 heterocycles. The highest BCUT2D eigenvalue weighted by molar-refractivity contribution is 8.04. The average molecular weight is 396 g/mol. The number of hydrogen-bond donors (Lipinski definition) is 3. The molecule has 4 N–H and O–H groups in total. The Morgan fingerprint density at radius 3 is 2.52 bits per heavy atom. The van der Waals surface area contributed by atoms with E-state index >= 15 is 0 Å². The van der Waals surface area contributed by atoms with Gasteiger partial charge in [0.25, 0.3) is 0 Å². The third kappa shape index (κ3) is 3.00. The van der Waals surface area contributed by atoms with Crippen molar-refractivity contribution in [3.63, 3.8) is 0 Å². The van der Waals surface area contributed by atoms with E-state index in [2.05, 4.69) is 4.99 Å². The van der Waals surface area contributed by atoms with Crippen LogP contribution in [0.4, 0.5) is 0 Å². The highest BCUT2D eigenvalue weighted by Crippen LogP contribution is 2.52. The van der Waals surface area contributed by atoms with Gasteiger partial charge in [0, 0.05) is 24.9 Å². The van der Waals surface area contributed by atoms with Crippen LogP contribution in [0.1, 0.15) is 20.3 Å². The third-order valence-electron chi connectivity index (χ3n) is 5.38. The maximum atomic E-state index is 12.4. The van der Waals surface area contributed by atoms with Crippen molar-refractivity contribution in [2.75, 3.05) is 14.1 Å². The number of aliphatic imine (C=N–C) groups is 1. The smallest absolute Gasteiger partial charge is 0.353 e. The van der Waals surface area contributed by atoms with E-state index in [-0.39, 0.29) is 28.8 Å². The molecule has 0 radical (unpaired) electrons. The molecule has 0 saturated carbocycles. The molecule has 6 atom stereocenters. The topological polar surface area (TPSA) is 137 Å². The lowest BCUT2D eigenvalue weighted by atomic mass is 9.79. The number of rotatable bonds is 5. The number of primary amides is 1. The van der Waals surface area contributed by atoms with Gasteiger partial charge >= 0.3 is 5.97 Å². The maximum absolute atomic E-state index is 12.4. The van der Waals surface area contributed by atoms with Crippen LogP contribution >= 0.6 is 11.8 Å². The van der Waals surface area contributed by atoms with Gasteiger partial charge in [-0.05, 0) is 13.3 Å². The molecule has 0 aromatic rings. The number of aliphatic hydroxyl groups excluding tert-OH is 1. The highest BCUT2D eigenvalue weighted by Gasteiger charge is 2.60. The lowest BCUT2D eigenvalue weighted by Crippen LogP contribution is -2.63. The molecule has 0 aliphatic carbocycles. The largest absolute Gasteiger partial charge is 0.477 e. The van der Waals surface area contributed by atoms with Crippen LogP contribution in [0.25, 0.3) is 0 Å². The predicted molar refractivity (Wildman–Crippen MR) is 99.7 cm³/mol. The normalized spacial score (nSPS) is 33.5. The summed E-state index contributed by atoms with van der Waals surface area (Å²) in [6.45, 7) is 3.41. The Balaban J connectivity index is 1.92. The number of thioether (sulfide) groups is 1. The Morgan fingerprint density at radius 1 is 1.41 bits per heavy atom. The molecule has 0 aromatic carbocycles. The molecule has 1 unspecified atom stereocenters. The summed E-state index contributed by atoms with van der Waals surface area (Å²) >= 11 is 1.32. The second-order valence-corrected chi connectivity index (χ2v) is 8.66. The van der Waals surface area contributed by atoms with E-state index < -0.39 is 29.9 Å². The number of aliphatic hydroxyl groups is 1. The van der Waals surface area contributed by atoms with Gasteiger partial charge in [0.1, 0.15) is 17.6 Å². The monoisotopic (exact) mass is 396 g/mol. The molecule has 0 aromatic heterocycles. The minimum Gasteiger partial charge on any atom is -0.477 e. The summed E-state index contributed by atoms with van der Waals surface area (Å²) in [6.07, 6.45) is -0.458. The van der Waals surface area contributed by atoms with Crippen molar-refractivity contribution in [1.82, 2.24) is 9.80 Å². The van der Waals surface area contributed by atoms with Crippen LogP contribution in [0.5, 0.6) is 0 Å². The number of β-lactam (4-membered cyclic amide) rings is 1. The summed E-state index contributed by atoms with van der Waals surface area (Å²) < 4.78 is 0. The van der Waals surface area contributed by atoms with Crippen molar-refractivity contribution in [2.24, 2.45) is 22.6 Å². The number of carboxylic acids is 1. The Hall–Kier alpha value is -2.07. The second kappa shape index (κ2) is 6.83. The zero-order chi connectivity index (χ0) is 20.2. The molecule has 1 saturated heterocycles. The van der Waals surface area contributed by atoms with E-state index in [1.54, 1.807) is 25.9 Å². The second-order valence-electron chi connectivity index (χ2n) is 7.41. The van der Waals surface area contributed by atoms with Gasteiger partial charge in [0.2, 0.25) is 11.8 Å². The van der Waals surface area contributed by atoms with E-state index in [1.165, 1.54) is 16.7 Å². The fraction of sp³-hybridized carbons (Fsp3) is 0.647. The number of carbonyl (C=O) groups excluding carboxylic acids is 2. The molecule has 27 heavy (non-hydrogen) atoms. The van der Waals surface area contributed by atoms with Crippen LogP contribution < -0.4 is 5.73 Å². The molecular formula is C17H24N4O5S. The summed E-state index contributed by atoms with van der Waals surface area (Å²) in [5.41, 5.74) is 5.37. The number of hydrogen-bond acceptors (Lipinski definition) is 7. The first-order chi connectivity index (χ1) is 12.6. The van der Waals surface area contributed by atoms with E-state index in [9.17, 15) is 24.6 Å². The van der Waals surface area contributed by atoms with Crippen molar-refractivity contribution in [1.29, 1.82) is 0 Å². The molecule has 1 fully saturated rings. The number of amidine groups is 1. The summed E-state index contributed by atoms with van der Waals surface area (Å²) in [7, 11) is 3.61. The Kier molecular flexibility index (Phi) is 4.98. The van der Waals surface area contributed by atoms with E-state index in [0.717, 1.165) is 0 Å². The van der Waals surface area contributed by atoms with Crippen molar-refractivity contribution >= 4 is 35.4 Å². The van der Waals surface area contributed by atoms with Gasteiger partial charge in [-0.3, -0.25) is 14.6 Å². The standard InChI is InChI=1S/C17H24N4O5S/c1-6-11-10(7(2)22)16(24)21(11)12(17(25)26)13(6)27-9-5-8(14(18)23)19-15(9)20(3)4/h6-11,22H,5H2,1-4H3,(H2,18,23)(H,25,26)/t6-,7-,8+,9?,10-,11-/m1/s1. The molecule has 148 valence electrons. The maximum Gasteiger partial charge on any atom is 0.353 e. The molecular weight excluding hydrogens is 372 g/mol. The number of carbonyl (C=O) groups is 3. The van der Waals surface area contributed by atoms with Gasteiger partial charge < -0.3 is 25.7 Å². The SMILES string of the molecule is C[C@@H](O)[C@H]1C(=O)N2C(C(=O)O)=C(SC3C[C@@H](C(N)=O)N=C3N(C)C)[C@H](C)[C@H]12. The van der Waals surface area contributed by atoms with Gasteiger partial charge in [-0.25, -0.2) is 4.79 Å². The van der Waals surface area contributed by atoms with Crippen molar-refractivity contribution in [3.05, 3.63) is 10.6 Å². The first-order valence-corrected chi connectivity index (χ1v) is 9.63. The summed E-state index contributed by atoms with van der Waals surface area (Å²) in [6, 6.07) is -1.01. The van der Waals surface area contributed by atoms with Crippen molar-refractivity contribution in [2.45, 2.75) is 43.7 Å². The Morgan fingerprint density at radius 2 is 2.04 bits per heavy atom. The molecule has 3 rings (SSSR count). The van der Waals surface area contributed by atoms with Crippen LogP contribution in [-0.2, 0) is 14.4 Å². The van der Waals surface area contributed by atoms with Gasteiger partial charge in [-0.1, -0.05) is 6.92 Å². The lowest BCUT2D eigenvalue weighted by Gasteiger charge is -2.46. The molecule has 10 heteroatoms. The van der Waals surface area contributed by atoms with Gasteiger partial charge in [0.15, 0.2) is 0 Å². The average Bonchev–Trinajstić information content (AvgIpc) is 3.07. The number of aliphatic carboxylic acids is 1. The van der Waals surface area contributed by atoms with E-state index in [0.29, 0.717) is 17.2 Å². The van der Waals surface area contributed by atoms with Crippen molar-refractivity contribution in [3.8, 4) is 0 Å². The Bertz CT molecular complexity index is 762. The minimum absolute atomic E-state index is 0.0277. The molecule has 3 aliphatic heterocycles. The molecule has 3 aliphatic rings. The van der Waals surface area contributed by atoms with Crippen LogP contribution in [0.15, 0.2) is 15.6 Å². The first-order valence-electron chi connectivity index (χ1n) is 8.75. The van der Waals surface area contributed by atoms with E-state index in [4.69, 9.17) is 5.73 Å².